The molecule has 2 unspecified atom stereocenters. The largest absolute Gasteiger partial charge is 0.481 e. The first-order valence-corrected chi connectivity index (χ1v) is 4.35. The summed E-state index contributed by atoms with van der Waals surface area (Å²) in [6.45, 7) is 1.85. The van der Waals surface area contributed by atoms with Crippen LogP contribution < -0.4 is 0 Å². The molecule has 0 bridgehead atoms. The molecule has 1 fully saturated rings. The third-order valence-corrected chi connectivity index (χ3v) is 2.54. The molecule has 1 aliphatic rings. The summed E-state index contributed by atoms with van der Waals surface area (Å²) in [6.07, 6.45) is 2.59. The molecule has 1 aliphatic carbocycles. The molecular weight excluding hydrogens is 156 g/mol. The van der Waals surface area contributed by atoms with E-state index in [1.54, 1.807) is 0 Å². The molecule has 12 heavy (non-hydrogen) atoms. The SMILES string of the molecule is CC(CC(=O)O)C1CCCC1=O. The zero-order valence-electron chi connectivity index (χ0n) is 7.25. The van der Waals surface area contributed by atoms with Crippen LogP contribution in [0.1, 0.15) is 32.6 Å². The average Bonchev–Trinajstić information content (AvgIpc) is 2.33. The molecule has 0 heterocycles. The Bertz CT molecular complexity index is 198. The van der Waals surface area contributed by atoms with E-state index in [2.05, 4.69) is 0 Å². The number of aliphatic carboxylic acids is 1. The Morgan fingerprint density at radius 1 is 1.75 bits per heavy atom. The molecule has 0 aliphatic heterocycles. The fourth-order valence-electron chi connectivity index (χ4n) is 1.86. The molecule has 0 radical (unpaired) electrons. The minimum absolute atomic E-state index is 0.0116. The van der Waals surface area contributed by atoms with Gasteiger partial charge in [0, 0.05) is 18.8 Å². The van der Waals surface area contributed by atoms with E-state index >= 15 is 0 Å². The number of hydrogen-bond acceptors (Lipinski definition) is 2. The lowest BCUT2D eigenvalue weighted by Crippen LogP contribution is -2.18. The highest BCUT2D eigenvalue weighted by Crippen LogP contribution is 2.29. The predicted molar refractivity (Wildman–Crippen MR) is 43.8 cm³/mol. The molecule has 3 nitrogen and oxygen atoms in total. The van der Waals surface area contributed by atoms with E-state index in [-0.39, 0.29) is 24.0 Å². The van der Waals surface area contributed by atoms with Gasteiger partial charge in [-0.25, -0.2) is 0 Å². The lowest BCUT2D eigenvalue weighted by molar-refractivity contribution is -0.138. The number of hydrogen-bond donors (Lipinski definition) is 1. The maximum Gasteiger partial charge on any atom is 0.303 e. The molecule has 68 valence electrons. The Labute approximate surface area is 71.8 Å². The molecule has 0 saturated heterocycles. The molecular formula is C9H14O3. The summed E-state index contributed by atoms with van der Waals surface area (Å²) in [5.41, 5.74) is 0. The van der Waals surface area contributed by atoms with Gasteiger partial charge in [-0.05, 0) is 18.8 Å². The number of ketones is 1. The molecule has 0 aromatic heterocycles. The van der Waals surface area contributed by atoms with Gasteiger partial charge in [0.2, 0.25) is 0 Å². The minimum Gasteiger partial charge on any atom is -0.481 e. The summed E-state index contributed by atoms with van der Waals surface area (Å²) < 4.78 is 0. The zero-order valence-corrected chi connectivity index (χ0v) is 7.25. The smallest absolute Gasteiger partial charge is 0.303 e. The Balaban J connectivity index is 2.45. The highest BCUT2D eigenvalue weighted by molar-refractivity contribution is 5.83. The van der Waals surface area contributed by atoms with Crippen LogP contribution in [0.3, 0.4) is 0 Å². The van der Waals surface area contributed by atoms with Crippen LogP contribution in [0, 0.1) is 11.8 Å². The quantitative estimate of drug-likeness (QED) is 0.697. The summed E-state index contributed by atoms with van der Waals surface area (Å²) in [5.74, 6) is -0.524. The topological polar surface area (TPSA) is 54.4 Å². The van der Waals surface area contributed by atoms with E-state index < -0.39 is 5.97 Å². The van der Waals surface area contributed by atoms with Crippen LogP contribution >= 0.6 is 0 Å². The monoisotopic (exact) mass is 170 g/mol. The molecule has 3 heteroatoms. The third kappa shape index (κ3) is 2.06. The number of carboxylic acids is 1. The van der Waals surface area contributed by atoms with Gasteiger partial charge in [-0.2, -0.15) is 0 Å². The van der Waals surface area contributed by atoms with Crippen molar-refractivity contribution in [3.63, 3.8) is 0 Å². The lowest BCUT2D eigenvalue weighted by Gasteiger charge is -2.14. The van der Waals surface area contributed by atoms with Crippen LogP contribution in [0.2, 0.25) is 0 Å². The van der Waals surface area contributed by atoms with Gasteiger partial charge in [0.15, 0.2) is 0 Å². The maximum atomic E-state index is 11.2. The second-order valence-corrected chi connectivity index (χ2v) is 3.54. The van der Waals surface area contributed by atoms with Crippen molar-refractivity contribution in [2.45, 2.75) is 32.6 Å². The first-order valence-electron chi connectivity index (χ1n) is 4.35. The predicted octanol–water partition coefficient (Wildman–Crippen LogP) is 1.47. The number of carboxylic acid groups (broad SMARTS) is 1. The molecule has 2 atom stereocenters. The van der Waals surface area contributed by atoms with Crippen LogP contribution in [-0.2, 0) is 9.59 Å². The van der Waals surface area contributed by atoms with Crippen LogP contribution in [-0.4, -0.2) is 16.9 Å². The highest BCUT2D eigenvalue weighted by atomic mass is 16.4. The Morgan fingerprint density at radius 2 is 2.42 bits per heavy atom. The van der Waals surface area contributed by atoms with Crippen LogP contribution in [0.15, 0.2) is 0 Å². The number of carbonyl (C=O) groups is 2. The fraction of sp³-hybridized carbons (Fsp3) is 0.778. The standard InChI is InChI=1S/C9H14O3/c1-6(5-9(11)12)7-3-2-4-8(7)10/h6-7H,2-5H2,1H3,(H,11,12). The van der Waals surface area contributed by atoms with E-state index in [0.29, 0.717) is 6.42 Å². The Morgan fingerprint density at radius 3 is 2.83 bits per heavy atom. The van der Waals surface area contributed by atoms with Gasteiger partial charge < -0.3 is 5.11 Å². The van der Waals surface area contributed by atoms with E-state index in [1.165, 1.54) is 0 Å². The van der Waals surface area contributed by atoms with E-state index in [4.69, 9.17) is 5.11 Å². The van der Waals surface area contributed by atoms with Crippen molar-refractivity contribution in [1.29, 1.82) is 0 Å². The van der Waals surface area contributed by atoms with Crippen molar-refractivity contribution < 1.29 is 14.7 Å². The Kier molecular flexibility index (Phi) is 2.84. The molecule has 0 amide bonds. The number of carbonyl (C=O) groups excluding carboxylic acids is 1. The maximum absolute atomic E-state index is 11.2. The number of Topliss-reactive ketones (excluding diaryl/α,β-unsaturated/α-hetero) is 1. The van der Waals surface area contributed by atoms with E-state index in [9.17, 15) is 9.59 Å². The first-order chi connectivity index (χ1) is 5.61. The van der Waals surface area contributed by atoms with Crippen molar-refractivity contribution in [1.82, 2.24) is 0 Å². The second-order valence-electron chi connectivity index (χ2n) is 3.54. The molecule has 0 spiro atoms. The summed E-state index contributed by atoms with van der Waals surface area (Å²) in [6, 6.07) is 0. The normalized spacial score (nSPS) is 25.8. The van der Waals surface area contributed by atoms with Gasteiger partial charge in [-0.3, -0.25) is 9.59 Å². The second kappa shape index (κ2) is 3.70. The minimum atomic E-state index is -0.804. The van der Waals surface area contributed by atoms with E-state index in [1.807, 2.05) is 6.92 Å². The van der Waals surface area contributed by atoms with Gasteiger partial charge >= 0.3 is 5.97 Å². The first kappa shape index (κ1) is 9.23. The summed E-state index contributed by atoms with van der Waals surface area (Å²) in [4.78, 5) is 21.6. The van der Waals surface area contributed by atoms with Crippen molar-refractivity contribution in [2.75, 3.05) is 0 Å². The molecule has 1 rings (SSSR count). The van der Waals surface area contributed by atoms with Crippen molar-refractivity contribution in [3.05, 3.63) is 0 Å². The summed E-state index contributed by atoms with van der Waals surface area (Å²) in [5, 5.41) is 8.52. The highest BCUT2D eigenvalue weighted by Gasteiger charge is 2.30. The lowest BCUT2D eigenvalue weighted by atomic mass is 9.89. The molecule has 0 aromatic carbocycles. The molecule has 0 aromatic rings. The third-order valence-electron chi connectivity index (χ3n) is 2.54. The fourth-order valence-corrected chi connectivity index (χ4v) is 1.86. The van der Waals surface area contributed by atoms with Gasteiger partial charge in [-0.15, -0.1) is 0 Å². The molecule has 1 saturated carbocycles. The van der Waals surface area contributed by atoms with Gasteiger partial charge in [-0.1, -0.05) is 6.92 Å². The van der Waals surface area contributed by atoms with Crippen LogP contribution in [0.4, 0.5) is 0 Å². The van der Waals surface area contributed by atoms with Crippen LogP contribution in [0.25, 0.3) is 0 Å². The molecule has 1 N–H and O–H groups in total. The summed E-state index contributed by atoms with van der Waals surface area (Å²) >= 11 is 0. The van der Waals surface area contributed by atoms with Gasteiger partial charge in [0.25, 0.3) is 0 Å². The van der Waals surface area contributed by atoms with Gasteiger partial charge in [0.05, 0.1) is 0 Å². The van der Waals surface area contributed by atoms with Crippen molar-refractivity contribution >= 4 is 11.8 Å². The zero-order chi connectivity index (χ0) is 9.14. The van der Waals surface area contributed by atoms with Crippen molar-refractivity contribution in [3.8, 4) is 0 Å². The van der Waals surface area contributed by atoms with Crippen LogP contribution in [0.5, 0.6) is 0 Å². The van der Waals surface area contributed by atoms with Gasteiger partial charge in [0.1, 0.15) is 5.78 Å². The number of rotatable bonds is 3. The average molecular weight is 170 g/mol. The Hall–Kier alpha value is -0.860. The summed E-state index contributed by atoms with van der Waals surface area (Å²) in [7, 11) is 0. The van der Waals surface area contributed by atoms with E-state index in [0.717, 1.165) is 12.8 Å². The van der Waals surface area contributed by atoms with Crippen molar-refractivity contribution in [2.24, 2.45) is 11.8 Å².